The normalized spacial score (nSPS) is 41.7. The number of aliphatic hydroxyl groups excluding tert-OH is 2. The number of hydrogen-bond donors (Lipinski definition) is 4. The van der Waals surface area contributed by atoms with Gasteiger partial charge in [0.15, 0.2) is 0 Å². The number of amides is 1. The predicted octanol–water partition coefficient (Wildman–Crippen LogP) is 4.82. The Morgan fingerprint density at radius 1 is 1.00 bits per heavy atom. The number of benzene rings is 1. The minimum Gasteiger partial charge on any atom is -0.508 e. The largest absolute Gasteiger partial charge is 0.508 e. The molecule has 10 atom stereocenters. The number of rotatable bonds is 6. The third-order valence-corrected chi connectivity index (χ3v) is 13.0. The second kappa shape index (κ2) is 10.5. The molecule has 9 heteroatoms. The first-order valence-corrected chi connectivity index (χ1v) is 16.2. The number of aromatic hydroxyl groups is 1. The van der Waals surface area contributed by atoms with Crippen LogP contribution in [0.4, 0.5) is 4.79 Å². The minimum atomic E-state index is -4.08. The maximum Gasteiger partial charge on any atom is 0.421 e. The topological polar surface area (TPSA) is 133 Å². The van der Waals surface area contributed by atoms with Crippen molar-refractivity contribution in [2.45, 2.75) is 95.7 Å². The lowest BCUT2D eigenvalue weighted by Crippen LogP contribution is -2.62. The standard InChI is InChI=1S/C30H45NO7S/c1-4-22-25-17-20(33)11-14-30(25,3)24-12-15-29(2)18(5-10-23(29)26(24)27(22)34)13-16-38-28(35)31-39(36,37)21-8-6-19(32)7-9-21/h6-9,18,20,22-27,32-34H,4-5,10-17H2,1-3H3,(H,31,35)/t18-,20-,22-,23+,24+,25+,26+,27-,29-,30-/m1/s1. The van der Waals surface area contributed by atoms with E-state index in [2.05, 4.69) is 20.8 Å². The van der Waals surface area contributed by atoms with E-state index in [9.17, 15) is 28.5 Å². The predicted molar refractivity (Wildman–Crippen MR) is 146 cm³/mol. The van der Waals surface area contributed by atoms with E-state index in [0.29, 0.717) is 30.1 Å². The van der Waals surface area contributed by atoms with Gasteiger partial charge in [-0.3, -0.25) is 0 Å². The number of phenols is 1. The summed E-state index contributed by atoms with van der Waals surface area (Å²) in [7, 11) is -4.08. The van der Waals surface area contributed by atoms with Crippen LogP contribution in [0.1, 0.15) is 78.6 Å². The number of hydrogen-bond acceptors (Lipinski definition) is 7. The van der Waals surface area contributed by atoms with Crippen LogP contribution in [0.25, 0.3) is 0 Å². The summed E-state index contributed by atoms with van der Waals surface area (Å²) < 4.78 is 32.1. The van der Waals surface area contributed by atoms with Crippen molar-refractivity contribution in [3.8, 4) is 5.75 Å². The Kier molecular flexibility index (Phi) is 7.74. The van der Waals surface area contributed by atoms with E-state index in [1.54, 1.807) is 0 Å². The van der Waals surface area contributed by atoms with Gasteiger partial charge in [-0.25, -0.2) is 17.9 Å². The molecule has 0 aromatic heterocycles. The van der Waals surface area contributed by atoms with E-state index in [4.69, 9.17) is 4.74 Å². The number of sulfonamides is 1. The Hall–Kier alpha value is -1.84. The van der Waals surface area contributed by atoms with Crippen LogP contribution in [0.5, 0.6) is 5.75 Å². The van der Waals surface area contributed by atoms with E-state index in [1.165, 1.54) is 24.3 Å². The van der Waals surface area contributed by atoms with Gasteiger partial charge in [0.05, 0.1) is 23.7 Å². The van der Waals surface area contributed by atoms with Gasteiger partial charge < -0.3 is 20.1 Å². The average molecular weight is 564 g/mol. The summed E-state index contributed by atoms with van der Waals surface area (Å²) in [6.07, 6.45) is 6.93. The van der Waals surface area contributed by atoms with Crippen molar-refractivity contribution < 1.29 is 33.3 Å². The van der Waals surface area contributed by atoms with Gasteiger partial charge in [0.25, 0.3) is 10.0 Å². The summed E-state index contributed by atoms with van der Waals surface area (Å²) in [6, 6.07) is 4.94. The molecule has 0 aliphatic heterocycles. The van der Waals surface area contributed by atoms with E-state index < -0.39 is 16.1 Å². The molecule has 39 heavy (non-hydrogen) atoms. The molecule has 0 bridgehead atoms. The van der Waals surface area contributed by atoms with Crippen LogP contribution in [0.15, 0.2) is 29.2 Å². The molecule has 4 aliphatic carbocycles. The van der Waals surface area contributed by atoms with Crippen LogP contribution in [-0.2, 0) is 14.8 Å². The van der Waals surface area contributed by atoms with Crippen LogP contribution in [0, 0.1) is 46.3 Å². The highest BCUT2D eigenvalue weighted by Crippen LogP contribution is 2.69. The van der Waals surface area contributed by atoms with Crippen LogP contribution in [-0.4, -0.2) is 48.6 Å². The lowest BCUT2D eigenvalue weighted by atomic mass is 9.41. The van der Waals surface area contributed by atoms with E-state index >= 15 is 0 Å². The molecule has 4 fully saturated rings. The van der Waals surface area contributed by atoms with Crippen molar-refractivity contribution in [1.29, 1.82) is 0 Å². The van der Waals surface area contributed by atoms with E-state index in [-0.39, 0.29) is 52.1 Å². The van der Waals surface area contributed by atoms with Crippen molar-refractivity contribution >= 4 is 16.1 Å². The van der Waals surface area contributed by atoms with Gasteiger partial charge in [-0.05, 0) is 122 Å². The maximum absolute atomic E-state index is 12.4. The zero-order valence-corrected chi connectivity index (χ0v) is 24.2. The second-order valence-corrected chi connectivity index (χ2v) is 14.9. The lowest BCUT2D eigenvalue weighted by molar-refractivity contribution is -0.202. The molecule has 0 unspecified atom stereocenters. The number of carbonyl (C=O) groups is 1. The SMILES string of the molecule is CC[C@H]1[C@@H](O)[C@@H]2[C@H](CC[C@]3(C)[C@@H](CCOC(=O)NS(=O)(=O)c4ccc(O)cc4)CC[C@@H]23)[C@@]2(C)CC[C@@H](O)C[C@@H]12. The number of fused-ring (bicyclic) bond motifs is 5. The molecule has 4 aliphatic rings. The molecule has 0 spiro atoms. The van der Waals surface area contributed by atoms with Crippen LogP contribution in [0.2, 0.25) is 0 Å². The minimum absolute atomic E-state index is 0.0514. The Morgan fingerprint density at radius 3 is 2.36 bits per heavy atom. The second-order valence-electron chi connectivity index (χ2n) is 13.2. The first kappa shape index (κ1) is 28.7. The average Bonchev–Trinajstić information content (AvgIpc) is 3.21. The van der Waals surface area contributed by atoms with Crippen molar-refractivity contribution in [2.24, 2.45) is 46.3 Å². The summed E-state index contributed by atoms with van der Waals surface area (Å²) in [5.74, 6) is 2.01. The Bertz CT molecular complexity index is 1160. The van der Waals surface area contributed by atoms with E-state index in [1.807, 2.05) is 4.72 Å². The monoisotopic (exact) mass is 563 g/mol. The number of ether oxygens (including phenoxy) is 1. The molecule has 0 radical (unpaired) electrons. The van der Waals surface area contributed by atoms with Crippen molar-refractivity contribution in [2.75, 3.05) is 6.61 Å². The van der Waals surface area contributed by atoms with Crippen molar-refractivity contribution in [1.82, 2.24) is 4.72 Å². The fraction of sp³-hybridized carbons (Fsp3) is 0.767. The molecule has 8 nitrogen and oxygen atoms in total. The van der Waals surface area contributed by atoms with Gasteiger partial charge in [-0.15, -0.1) is 0 Å². The molecule has 4 N–H and O–H groups in total. The third kappa shape index (κ3) is 4.97. The molecule has 0 saturated heterocycles. The molecule has 1 aromatic rings. The molecular weight excluding hydrogens is 518 g/mol. The molecule has 5 rings (SSSR count). The smallest absolute Gasteiger partial charge is 0.421 e. The molecule has 1 aromatic carbocycles. The fourth-order valence-electron chi connectivity index (χ4n) is 9.66. The van der Waals surface area contributed by atoms with E-state index in [0.717, 1.165) is 51.4 Å². The van der Waals surface area contributed by atoms with Crippen molar-refractivity contribution in [3.63, 3.8) is 0 Å². The highest BCUT2D eigenvalue weighted by molar-refractivity contribution is 7.90. The van der Waals surface area contributed by atoms with Gasteiger partial charge in [0.1, 0.15) is 5.75 Å². The van der Waals surface area contributed by atoms with Gasteiger partial charge in [0, 0.05) is 0 Å². The number of nitrogens with one attached hydrogen (secondary N) is 1. The first-order chi connectivity index (χ1) is 18.4. The lowest BCUT2D eigenvalue weighted by Gasteiger charge is -2.64. The highest BCUT2D eigenvalue weighted by Gasteiger charge is 2.64. The number of phenolic OH excluding ortho intramolecular Hbond substituents is 1. The number of carbonyl (C=O) groups excluding carboxylic acids is 1. The Balaban J connectivity index is 1.23. The fourth-order valence-corrected chi connectivity index (χ4v) is 10.5. The molecule has 218 valence electrons. The van der Waals surface area contributed by atoms with Crippen LogP contribution < -0.4 is 4.72 Å². The zero-order chi connectivity index (χ0) is 28.2. The first-order valence-electron chi connectivity index (χ1n) is 14.8. The number of aliphatic hydroxyl groups is 2. The van der Waals surface area contributed by atoms with Gasteiger partial charge in [-0.2, -0.15) is 0 Å². The van der Waals surface area contributed by atoms with Crippen molar-refractivity contribution in [3.05, 3.63) is 24.3 Å². The van der Waals surface area contributed by atoms with Crippen LogP contribution >= 0.6 is 0 Å². The molecular formula is C30H45NO7S. The summed E-state index contributed by atoms with van der Waals surface area (Å²) in [4.78, 5) is 12.2. The van der Waals surface area contributed by atoms with Gasteiger partial charge >= 0.3 is 6.09 Å². The molecule has 4 saturated carbocycles. The molecule has 1 amide bonds. The maximum atomic E-state index is 12.4. The highest BCUT2D eigenvalue weighted by atomic mass is 32.2. The third-order valence-electron chi connectivity index (χ3n) is 11.7. The summed E-state index contributed by atoms with van der Waals surface area (Å²) in [5.41, 5.74) is 0.211. The zero-order valence-electron chi connectivity index (χ0n) is 23.4. The van der Waals surface area contributed by atoms with Gasteiger partial charge in [-0.1, -0.05) is 27.2 Å². The quantitative estimate of drug-likeness (QED) is 0.390. The van der Waals surface area contributed by atoms with Gasteiger partial charge in [0.2, 0.25) is 0 Å². The molecule has 0 heterocycles. The summed E-state index contributed by atoms with van der Waals surface area (Å²) >= 11 is 0. The van der Waals surface area contributed by atoms with Crippen LogP contribution in [0.3, 0.4) is 0 Å². The summed E-state index contributed by atoms with van der Waals surface area (Å²) in [6.45, 7) is 7.10. The Labute approximate surface area is 232 Å². The Morgan fingerprint density at radius 2 is 1.67 bits per heavy atom. The summed E-state index contributed by atoms with van der Waals surface area (Å²) in [5, 5.41) is 31.6.